The standard InChI is InChI=1S/C13H8OS.C9H10O2.CH4/c14-13-9-5-1-3-7-11(9)15-12-8-4-2-6-10(12)13;1-6-3-4-8(9(10)11)7(2)5-6;/h1-8H;3-5H,1-2H3,(H,10,11);1H4. The molecule has 0 radical (unpaired) electrons. The lowest BCUT2D eigenvalue weighted by Gasteiger charge is -2.00. The molecule has 0 saturated carbocycles. The number of carboxylic acids is 1. The summed E-state index contributed by atoms with van der Waals surface area (Å²) >= 11 is 1.67. The molecular weight excluding hydrogens is 356 g/mol. The number of hydrogen-bond donors (Lipinski definition) is 1. The first-order chi connectivity index (χ1) is 12.5. The summed E-state index contributed by atoms with van der Waals surface area (Å²) in [7, 11) is 0. The van der Waals surface area contributed by atoms with Crippen LogP contribution in [0.3, 0.4) is 0 Å². The van der Waals surface area contributed by atoms with Gasteiger partial charge in [0.25, 0.3) is 0 Å². The molecule has 0 fully saturated rings. The molecule has 138 valence electrons. The Morgan fingerprint density at radius 2 is 1.37 bits per heavy atom. The van der Waals surface area contributed by atoms with Gasteiger partial charge in [-0.3, -0.25) is 4.79 Å². The number of benzene rings is 3. The van der Waals surface area contributed by atoms with Crippen LogP contribution in [0.4, 0.5) is 0 Å². The maximum Gasteiger partial charge on any atom is 0.335 e. The van der Waals surface area contributed by atoms with Crippen LogP contribution < -0.4 is 5.43 Å². The van der Waals surface area contributed by atoms with Crippen molar-refractivity contribution in [2.75, 3.05) is 0 Å². The first kappa shape index (κ1) is 20.3. The number of aryl methyl sites for hydroxylation is 2. The highest BCUT2D eigenvalue weighted by molar-refractivity contribution is 7.24. The van der Waals surface area contributed by atoms with E-state index in [4.69, 9.17) is 5.11 Å². The molecule has 0 atom stereocenters. The molecule has 0 bridgehead atoms. The predicted octanol–water partition coefficient (Wildman–Crippen LogP) is 6.05. The van der Waals surface area contributed by atoms with Gasteiger partial charge >= 0.3 is 5.97 Å². The topological polar surface area (TPSA) is 54.4 Å². The Kier molecular flexibility index (Phi) is 6.48. The van der Waals surface area contributed by atoms with Gasteiger partial charge < -0.3 is 5.11 Å². The van der Waals surface area contributed by atoms with Gasteiger partial charge in [0.15, 0.2) is 5.43 Å². The predicted molar refractivity (Wildman–Crippen MR) is 115 cm³/mol. The van der Waals surface area contributed by atoms with Crippen LogP contribution in [-0.4, -0.2) is 11.1 Å². The Bertz CT molecular complexity index is 1100. The van der Waals surface area contributed by atoms with Crippen molar-refractivity contribution in [3.63, 3.8) is 0 Å². The van der Waals surface area contributed by atoms with E-state index in [2.05, 4.69) is 0 Å². The van der Waals surface area contributed by atoms with Gasteiger partial charge in [0, 0.05) is 20.2 Å². The number of hydrogen-bond acceptors (Lipinski definition) is 3. The third-order valence-electron chi connectivity index (χ3n) is 4.10. The normalized spacial score (nSPS) is 10.0. The second kappa shape index (κ2) is 8.60. The zero-order valence-electron chi connectivity index (χ0n) is 14.5. The lowest BCUT2D eigenvalue weighted by molar-refractivity contribution is 0.0696. The van der Waals surface area contributed by atoms with Crippen molar-refractivity contribution in [3.8, 4) is 0 Å². The van der Waals surface area contributed by atoms with Crippen LogP contribution in [0.2, 0.25) is 0 Å². The summed E-state index contributed by atoms with van der Waals surface area (Å²) in [6.07, 6.45) is 0. The Morgan fingerprint density at radius 1 is 0.852 bits per heavy atom. The third-order valence-corrected chi connectivity index (χ3v) is 5.25. The van der Waals surface area contributed by atoms with E-state index in [-0.39, 0.29) is 12.9 Å². The van der Waals surface area contributed by atoms with Crippen molar-refractivity contribution in [2.45, 2.75) is 21.3 Å². The number of aromatic carboxylic acids is 1. The van der Waals surface area contributed by atoms with E-state index in [0.29, 0.717) is 5.56 Å². The van der Waals surface area contributed by atoms with E-state index in [9.17, 15) is 9.59 Å². The Morgan fingerprint density at radius 3 is 1.85 bits per heavy atom. The zero-order chi connectivity index (χ0) is 18.7. The number of rotatable bonds is 1. The molecule has 0 saturated heterocycles. The summed E-state index contributed by atoms with van der Waals surface area (Å²) in [4.78, 5) is 22.6. The van der Waals surface area contributed by atoms with Gasteiger partial charge in [0.1, 0.15) is 0 Å². The quantitative estimate of drug-likeness (QED) is 0.410. The lowest BCUT2D eigenvalue weighted by Crippen LogP contribution is -1.99. The second-order valence-electron chi connectivity index (χ2n) is 6.05. The van der Waals surface area contributed by atoms with Gasteiger partial charge in [-0.15, -0.1) is 11.3 Å². The van der Waals surface area contributed by atoms with Crippen molar-refractivity contribution in [3.05, 3.63) is 93.6 Å². The Labute approximate surface area is 162 Å². The lowest BCUT2D eigenvalue weighted by atomic mass is 10.1. The summed E-state index contributed by atoms with van der Waals surface area (Å²) in [6, 6.07) is 20.8. The molecule has 4 aromatic rings. The van der Waals surface area contributed by atoms with E-state index in [1.54, 1.807) is 30.4 Å². The van der Waals surface area contributed by atoms with Gasteiger partial charge in [-0.05, 0) is 49.7 Å². The minimum absolute atomic E-state index is 0. The van der Waals surface area contributed by atoms with E-state index in [0.717, 1.165) is 31.3 Å². The minimum Gasteiger partial charge on any atom is -0.478 e. The SMILES string of the molecule is C.Cc1ccc(C(=O)O)c(C)c1.O=c1c2ccccc2sc2ccccc12. The molecule has 1 aromatic heterocycles. The fourth-order valence-electron chi connectivity index (χ4n) is 2.80. The second-order valence-corrected chi connectivity index (χ2v) is 7.13. The highest BCUT2D eigenvalue weighted by atomic mass is 32.1. The van der Waals surface area contributed by atoms with Crippen LogP contribution in [-0.2, 0) is 0 Å². The van der Waals surface area contributed by atoms with E-state index >= 15 is 0 Å². The van der Waals surface area contributed by atoms with Gasteiger partial charge in [-0.1, -0.05) is 49.4 Å². The van der Waals surface area contributed by atoms with Crippen molar-refractivity contribution < 1.29 is 9.90 Å². The number of fused-ring (bicyclic) bond motifs is 2. The highest BCUT2D eigenvalue weighted by Crippen LogP contribution is 2.23. The molecule has 3 aromatic carbocycles. The van der Waals surface area contributed by atoms with Crippen LogP contribution in [0, 0.1) is 13.8 Å². The molecule has 0 amide bonds. The summed E-state index contributed by atoms with van der Waals surface area (Å²) in [5.41, 5.74) is 2.43. The Hall–Kier alpha value is -2.98. The van der Waals surface area contributed by atoms with Crippen molar-refractivity contribution in [2.24, 2.45) is 0 Å². The van der Waals surface area contributed by atoms with Crippen molar-refractivity contribution >= 4 is 37.5 Å². The maximum absolute atomic E-state index is 12.1. The zero-order valence-corrected chi connectivity index (χ0v) is 15.3. The highest BCUT2D eigenvalue weighted by Gasteiger charge is 2.05. The average Bonchev–Trinajstić information content (AvgIpc) is 2.62. The fourth-order valence-corrected chi connectivity index (χ4v) is 3.88. The molecule has 1 heterocycles. The minimum atomic E-state index is -0.859. The molecule has 0 unspecified atom stereocenters. The van der Waals surface area contributed by atoms with Crippen LogP contribution in [0.25, 0.3) is 20.2 Å². The van der Waals surface area contributed by atoms with Crippen LogP contribution in [0.15, 0.2) is 71.5 Å². The smallest absolute Gasteiger partial charge is 0.335 e. The Balaban J connectivity index is 0.000000196. The van der Waals surface area contributed by atoms with E-state index in [1.165, 1.54) is 0 Å². The fraction of sp³-hybridized carbons (Fsp3) is 0.130. The number of carboxylic acid groups (broad SMARTS) is 1. The van der Waals surface area contributed by atoms with Crippen molar-refractivity contribution in [1.82, 2.24) is 0 Å². The monoisotopic (exact) mass is 378 g/mol. The number of carbonyl (C=O) groups is 1. The van der Waals surface area contributed by atoms with Gasteiger partial charge in [-0.25, -0.2) is 4.79 Å². The molecule has 4 heteroatoms. The average molecular weight is 378 g/mol. The molecule has 0 spiro atoms. The van der Waals surface area contributed by atoms with E-state index < -0.39 is 5.97 Å². The molecule has 0 aliphatic rings. The van der Waals surface area contributed by atoms with Crippen LogP contribution in [0.5, 0.6) is 0 Å². The molecule has 0 aliphatic heterocycles. The van der Waals surface area contributed by atoms with E-state index in [1.807, 2.05) is 61.5 Å². The molecule has 3 nitrogen and oxygen atoms in total. The summed E-state index contributed by atoms with van der Waals surface area (Å²) in [5, 5.41) is 10.3. The summed E-state index contributed by atoms with van der Waals surface area (Å²) in [5.74, 6) is -0.859. The summed E-state index contributed by atoms with van der Waals surface area (Å²) in [6.45, 7) is 3.75. The van der Waals surface area contributed by atoms with Crippen LogP contribution >= 0.6 is 11.3 Å². The molecule has 0 aliphatic carbocycles. The van der Waals surface area contributed by atoms with Gasteiger partial charge in [-0.2, -0.15) is 0 Å². The first-order valence-corrected chi connectivity index (χ1v) is 9.00. The maximum atomic E-state index is 12.1. The molecule has 4 rings (SSSR count). The molecular formula is C23H22O3S. The summed E-state index contributed by atoms with van der Waals surface area (Å²) < 4.78 is 2.11. The van der Waals surface area contributed by atoms with Crippen molar-refractivity contribution in [1.29, 1.82) is 0 Å². The molecule has 27 heavy (non-hydrogen) atoms. The first-order valence-electron chi connectivity index (χ1n) is 8.18. The van der Waals surface area contributed by atoms with Crippen LogP contribution in [0.1, 0.15) is 28.9 Å². The largest absolute Gasteiger partial charge is 0.478 e. The van der Waals surface area contributed by atoms with Gasteiger partial charge in [0.2, 0.25) is 0 Å². The molecule has 1 N–H and O–H groups in total. The third kappa shape index (κ3) is 4.41. The van der Waals surface area contributed by atoms with Gasteiger partial charge in [0.05, 0.1) is 5.56 Å².